The average molecular weight is 728 g/mol. The van der Waals surface area contributed by atoms with Gasteiger partial charge >= 0.3 is 0 Å². The fourth-order valence-electron chi connectivity index (χ4n) is 7.23. The summed E-state index contributed by atoms with van der Waals surface area (Å²) in [6.45, 7) is 8.98. The van der Waals surface area contributed by atoms with Gasteiger partial charge in [-0.05, 0) is 111 Å². The molecule has 0 saturated heterocycles. The van der Waals surface area contributed by atoms with Crippen LogP contribution in [0.5, 0.6) is 5.75 Å². The van der Waals surface area contributed by atoms with Gasteiger partial charge in [-0.15, -0.1) is 0 Å². The summed E-state index contributed by atoms with van der Waals surface area (Å²) in [7, 11) is 0. The Labute approximate surface area is 330 Å². The molecule has 8 aromatic rings. The number of anilines is 3. The third kappa shape index (κ3) is 7.73. The van der Waals surface area contributed by atoms with Gasteiger partial charge in [0.25, 0.3) is 0 Å². The maximum Gasteiger partial charge on any atom is 0.137 e. The van der Waals surface area contributed by atoms with Gasteiger partial charge in [-0.2, -0.15) is 0 Å². The maximum absolute atomic E-state index is 11.0. The van der Waals surface area contributed by atoms with E-state index in [0.717, 1.165) is 45.1 Å². The van der Waals surface area contributed by atoms with E-state index in [0.29, 0.717) is 11.3 Å². The number of aromatic hydroxyl groups is 1. The minimum absolute atomic E-state index is 0.171. The van der Waals surface area contributed by atoms with Crippen LogP contribution in [0.1, 0.15) is 50.3 Å². The molecule has 2 heterocycles. The quantitative estimate of drug-likeness (QED) is 0.161. The SMILES string of the molecule is CC(c1ccccc1)c1ccnc(N(c2ccccc2)c2cc(-c3cc(-c4ccc(-c5ccccc5)cc4)cc(-c4ccccc4O)n3)cc(C(C)(C)C)c2)c1. The van der Waals surface area contributed by atoms with Gasteiger partial charge in [-0.1, -0.05) is 143 Å². The van der Waals surface area contributed by atoms with Crippen molar-refractivity contribution in [3.8, 4) is 50.5 Å². The van der Waals surface area contributed by atoms with E-state index in [2.05, 4.69) is 178 Å². The smallest absolute Gasteiger partial charge is 0.137 e. The molecule has 1 N–H and O–H groups in total. The van der Waals surface area contributed by atoms with Crippen LogP contribution in [0.15, 0.2) is 188 Å². The Hall–Kier alpha value is -6.78. The third-order valence-electron chi connectivity index (χ3n) is 10.5. The molecule has 4 heteroatoms. The van der Waals surface area contributed by atoms with Crippen LogP contribution in [0.25, 0.3) is 44.8 Å². The van der Waals surface area contributed by atoms with E-state index in [1.165, 1.54) is 22.3 Å². The van der Waals surface area contributed by atoms with Gasteiger partial charge in [0.15, 0.2) is 0 Å². The number of benzene rings is 6. The number of hydrogen-bond acceptors (Lipinski definition) is 4. The monoisotopic (exact) mass is 727 g/mol. The Kier molecular flexibility index (Phi) is 10.0. The molecular formula is C52H45N3O. The van der Waals surface area contributed by atoms with Crippen molar-refractivity contribution < 1.29 is 5.11 Å². The van der Waals surface area contributed by atoms with Crippen LogP contribution in [0.3, 0.4) is 0 Å². The second-order valence-electron chi connectivity index (χ2n) is 15.4. The molecule has 0 bridgehead atoms. The first kappa shape index (κ1) is 36.2. The van der Waals surface area contributed by atoms with Crippen LogP contribution in [-0.2, 0) is 5.41 Å². The summed E-state index contributed by atoms with van der Waals surface area (Å²) in [6, 6.07) is 62.9. The maximum atomic E-state index is 11.0. The van der Waals surface area contributed by atoms with E-state index < -0.39 is 0 Å². The highest BCUT2D eigenvalue weighted by atomic mass is 16.3. The minimum Gasteiger partial charge on any atom is -0.507 e. The Bertz CT molecular complexity index is 2580. The van der Waals surface area contributed by atoms with Gasteiger partial charge in [0, 0.05) is 34.6 Å². The average Bonchev–Trinajstić information content (AvgIpc) is 3.24. The zero-order chi connectivity index (χ0) is 38.6. The van der Waals surface area contributed by atoms with E-state index in [4.69, 9.17) is 9.97 Å². The first-order chi connectivity index (χ1) is 27.2. The third-order valence-corrected chi connectivity index (χ3v) is 10.5. The van der Waals surface area contributed by atoms with Gasteiger partial charge in [0.2, 0.25) is 0 Å². The lowest BCUT2D eigenvalue weighted by Crippen LogP contribution is -2.16. The molecule has 2 aromatic heterocycles. The Morgan fingerprint density at radius 2 is 1.09 bits per heavy atom. The Morgan fingerprint density at radius 3 is 1.77 bits per heavy atom. The lowest BCUT2D eigenvalue weighted by molar-refractivity contribution is 0.477. The largest absolute Gasteiger partial charge is 0.507 e. The number of aromatic nitrogens is 2. The summed E-state index contributed by atoms with van der Waals surface area (Å²) < 4.78 is 0. The summed E-state index contributed by atoms with van der Waals surface area (Å²) in [4.78, 5) is 12.5. The fourth-order valence-corrected chi connectivity index (χ4v) is 7.23. The van der Waals surface area contributed by atoms with Crippen LogP contribution in [-0.4, -0.2) is 15.1 Å². The number of para-hydroxylation sites is 2. The van der Waals surface area contributed by atoms with E-state index in [1.54, 1.807) is 6.07 Å². The molecular weight excluding hydrogens is 683 g/mol. The summed E-state index contributed by atoms with van der Waals surface area (Å²) in [6.07, 6.45) is 1.92. The Balaban J connectivity index is 1.30. The molecule has 4 nitrogen and oxygen atoms in total. The number of phenolic OH excluding ortho intramolecular Hbond substituents is 1. The van der Waals surface area contributed by atoms with Crippen molar-refractivity contribution in [3.05, 3.63) is 205 Å². The molecule has 0 aliphatic heterocycles. The molecule has 0 saturated carbocycles. The highest BCUT2D eigenvalue weighted by Crippen LogP contribution is 2.41. The highest BCUT2D eigenvalue weighted by Gasteiger charge is 2.23. The van der Waals surface area contributed by atoms with Crippen LogP contribution >= 0.6 is 0 Å². The zero-order valence-corrected chi connectivity index (χ0v) is 32.3. The van der Waals surface area contributed by atoms with Crippen LogP contribution in [0.2, 0.25) is 0 Å². The Morgan fingerprint density at radius 1 is 0.500 bits per heavy atom. The molecule has 56 heavy (non-hydrogen) atoms. The zero-order valence-electron chi connectivity index (χ0n) is 32.3. The predicted octanol–water partition coefficient (Wildman–Crippen LogP) is 13.8. The molecule has 0 amide bonds. The number of nitrogens with zero attached hydrogens (tertiary/aromatic N) is 3. The molecule has 0 spiro atoms. The summed E-state index contributed by atoms with van der Waals surface area (Å²) in [5.41, 5.74) is 13.0. The molecule has 8 rings (SSSR count). The van der Waals surface area contributed by atoms with Crippen molar-refractivity contribution in [2.24, 2.45) is 0 Å². The second-order valence-corrected chi connectivity index (χ2v) is 15.4. The van der Waals surface area contributed by atoms with E-state index >= 15 is 0 Å². The topological polar surface area (TPSA) is 49.2 Å². The number of hydrogen-bond donors (Lipinski definition) is 1. The van der Waals surface area contributed by atoms with Gasteiger partial charge in [0.05, 0.1) is 11.4 Å². The number of rotatable bonds is 9. The standard InChI is InChI=1S/C52H45N3O/c1-36(37-16-8-5-9-17-37)41-28-29-53-51(34-41)55(45-20-12-7-13-21-45)46-31-43(30-44(35-46)52(2,3)4)48-32-42(33-49(54-48)47-22-14-15-23-50(47)56)40-26-24-39(25-27-40)38-18-10-6-11-19-38/h5-36,56H,1-4H3. The van der Waals surface area contributed by atoms with Crippen molar-refractivity contribution in [3.63, 3.8) is 0 Å². The van der Waals surface area contributed by atoms with Crippen molar-refractivity contribution in [2.45, 2.75) is 39.0 Å². The van der Waals surface area contributed by atoms with Crippen LogP contribution < -0.4 is 4.90 Å². The molecule has 274 valence electrons. The molecule has 0 fully saturated rings. The van der Waals surface area contributed by atoms with Gasteiger partial charge in [-0.3, -0.25) is 4.90 Å². The number of pyridine rings is 2. The van der Waals surface area contributed by atoms with Crippen LogP contribution in [0.4, 0.5) is 17.2 Å². The van der Waals surface area contributed by atoms with E-state index in [-0.39, 0.29) is 17.1 Å². The normalized spacial score (nSPS) is 11.9. The first-order valence-electron chi connectivity index (χ1n) is 19.2. The molecule has 1 atom stereocenters. The molecule has 6 aromatic carbocycles. The molecule has 0 radical (unpaired) electrons. The lowest BCUT2D eigenvalue weighted by Gasteiger charge is -2.28. The van der Waals surface area contributed by atoms with E-state index in [1.807, 2.05) is 36.5 Å². The van der Waals surface area contributed by atoms with Crippen LogP contribution in [0, 0.1) is 0 Å². The van der Waals surface area contributed by atoms with Crippen molar-refractivity contribution in [2.75, 3.05) is 4.90 Å². The molecule has 0 aliphatic carbocycles. The highest BCUT2D eigenvalue weighted by molar-refractivity contribution is 5.83. The van der Waals surface area contributed by atoms with Gasteiger partial charge in [0.1, 0.15) is 11.6 Å². The predicted molar refractivity (Wildman–Crippen MR) is 233 cm³/mol. The van der Waals surface area contributed by atoms with E-state index in [9.17, 15) is 5.11 Å². The van der Waals surface area contributed by atoms with Crippen molar-refractivity contribution >= 4 is 17.2 Å². The second kappa shape index (κ2) is 15.5. The minimum atomic E-state index is -0.171. The first-order valence-corrected chi connectivity index (χ1v) is 19.2. The summed E-state index contributed by atoms with van der Waals surface area (Å²) in [5, 5.41) is 11.0. The van der Waals surface area contributed by atoms with Crippen molar-refractivity contribution in [1.29, 1.82) is 0 Å². The van der Waals surface area contributed by atoms with Crippen molar-refractivity contribution in [1.82, 2.24) is 9.97 Å². The lowest BCUT2D eigenvalue weighted by atomic mass is 9.85. The summed E-state index contributed by atoms with van der Waals surface area (Å²) >= 11 is 0. The van der Waals surface area contributed by atoms with Gasteiger partial charge in [-0.25, -0.2) is 9.97 Å². The fraction of sp³-hybridized carbons (Fsp3) is 0.115. The summed E-state index contributed by atoms with van der Waals surface area (Å²) in [5.74, 6) is 1.22. The van der Waals surface area contributed by atoms with Gasteiger partial charge < -0.3 is 5.11 Å². The number of phenols is 1. The molecule has 0 aliphatic rings. The molecule has 1 unspecified atom stereocenters.